The lowest BCUT2D eigenvalue weighted by atomic mass is 9.87. The predicted molar refractivity (Wildman–Crippen MR) is 80.0 cm³/mol. The number of fused-ring (bicyclic) bond motifs is 1. The number of hydrogen-bond acceptors (Lipinski definition) is 2. The van der Waals surface area contributed by atoms with Crippen LogP contribution in [0, 0.1) is 0 Å². The Morgan fingerprint density at radius 2 is 1.85 bits per heavy atom. The van der Waals surface area contributed by atoms with Gasteiger partial charge in [0.15, 0.2) is 0 Å². The summed E-state index contributed by atoms with van der Waals surface area (Å²) in [7, 11) is 0. The maximum Gasteiger partial charge on any atom is 0.129 e. The Kier molecular flexibility index (Phi) is 3.75. The Balaban J connectivity index is 1.75. The smallest absolute Gasteiger partial charge is 0.129 e. The van der Waals surface area contributed by atoms with Gasteiger partial charge in [0, 0.05) is 0 Å². The lowest BCUT2D eigenvalue weighted by Gasteiger charge is -2.30. The Hall–Kier alpha value is -1.80. The minimum Gasteiger partial charge on any atom is -0.487 e. The summed E-state index contributed by atoms with van der Waals surface area (Å²) in [5.41, 5.74) is 3.54. The Morgan fingerprint density at radius 1 is 1.10 bits per heavy atom. The quantitative estimate of drug-likeness (QED) is 0.920. The first-order valence-electron chi connectivity index (χ1n) is 7.29. The van der Waals surface area contributed by atoms with E-state index < -0.39 is 6.10 Å². The van der Waals surface area contributed by atoms with E-state index in [1.54, 1.807) is 0 Å². The molecule has 0 aromatic heterocycles. The van der Waals surface area contributed by atoms with Crippen molar-refractivity contribution < 1.29 is 9.84 Å². The monoisotopic (exact) mass is 268 g/mol. The molecule has 104 valence electrons. The number of aliphatic hydroxyl groups excluding tert-OH is 1. The maximum absolute atomic E-state index is 10.5. The molecule has 1 N–H and O–H groups in total. The molecule has 2 aromatic rings. The summed E-state index contributed by atoms with van der Waals surface area (Å²) in [5, 5.41) is 10.5. The second kappa shape index (κ2) is 5.68. The Labute approximate surface area is 120 Å². The SMILES string of the molecule is CCc1ccc(OC2CCc3ccccc3C2O)cc1. The molecule has 2 heteroatoms. The van der Waals surface area contributed by atoms with Crippen LogP contribution in [0.15, 0.2) is 48.5 Å². The van der Waals surface area contributed by atoms with Crippen LogP contribution in [-0.4, -0.2) is 11.2 Å². The third-order valence-electron chi connectivity index (χ3n) is 4.04. The molecule has 0 radical (unpaired) electrons. The van der Waals surface area contributed by atoms with Crippen LogP contribution in [-0.2, 0) is 12.8 Å². The fourth-order valence-electron chi connectivity index (χ4n) is 2.81. The van der Waals surface area contributed by atoms with E-state index in [2.05, 4.69) is 25.1 Å². The summed E-state index contributed by atoms with van der Waals surface area (Å²) in [6, 6.07) is 16.2. The largest absolute Gasteiger partial charge is 0.487 e. The number of ether oxygens (including phenoxy) is 1. The van der Waals surface area contributed by atoms with Crippen LogP contribution in [0.4, 0.5) is 0 Å². The molecule has 1 aliphatic carbocycles. The molecule has 1 aliphatic rings. The average molecular weight is 268 g/mol. The van der Waals surface area contributed by atoms with Crippen molar-refractivity contribution in [2.45, 2.75) is 38.4 Å². The zero-order valence-electron chi connectivity index (χ0n) is 11.8. The highest BCUT2D eigenvalue weighted by Crippen LogP contribution is 2.32. The zero-order chi connectivity index (χ0) is 13.9. The van der Waals surface area contributed by atoms with E-state index in [0.717, 1.165) is 30.6 Å². The molecule has 0 fully saturated rings. The predicted octanol–water partition coefficient (Wildman–Crippen LogP) is 3.68. The first-order chi connectivity index (χ1) is 9.78. The van der Waals surface area contributed by atoms with Gasteiger partial charge >= 0.3 is 0 Å². The van der Waals surface area contributed by atoms with Crippen LogP contribution in [0.1, 0.15) is 36.1 Å². The average Bonchev–Trinajstić information content (AvgIpc) is 2.51. The van der Waals surface area contributed by atoms with E-state index in [-0.39, 0.29) is 6.10 Å². The second-order valence-corrected chi connectivity index (χ2v) is 5.34. The lowest BCUT2D eigenvalue weighted by Crippen LogP contribution is -2.30. The highest BCUT2D eigenvalue weighted by molar-refractivity contribution is 5.33. The standard InChI is InChI=1S/C18H20O2/c1-2-13-7-10-15(11-8-13)20-17-12-9-14-5-3-4-6-16(14)18(17)19/h3-8,10-11,17-19H,2,9,12H2,1H3. The van der Waals surface area contributed by atoms with Gasteiger partial charge < -0.3 is 9.84 Å². The molecule has 0 amide bonds. The van der Waals surface area contributed by atoms with Gasteiger partial charge in [-0.2, -0.15) is 0 Å². The third kappa shape index (κ3) is 2.56. The van der Waals surface area contributed by atoms with Crippen LogP contribution in [0.2, 0.25) is 0 Å². The number of benzene rings is 2. The topological polar surface area (TPSA) is 29.5 Å². The summed E-state index contributed by atoms with van der Waals surface area (Å²) in [5.74, 6) is 0.839. The first-order valence-corrected chi connectivity index (χ1v) is 7.29. The van der Waals surface area contributed by atoms with E-state index in [9.17, 15) is 5.11 Å². The molecule has 0 aliphatic heterocycles. The van der Waals surface area contributed by atoms with Gasteiger partial charge in [0.1, 0.15) is 18.0 Å². The van der Waals surface area contributed by atoms with Crippen LogP contribution in [0.25, 0.3) is 0 Å². The van der Waals surface area contributed by atoms with Crippen LogP contribution >= 0.6 is 0 Å². The molecule has 0 saturated heterocycles. The third-order valence-corrected chi connectivity index (χ3v) is 4.04. The number of aliphatic hydroxyl groups is 1. The first kappa shape index (κ1) is 13.2. The highest BCUT2D eigenvalue weighted by Gasteiger charge is 2.29. The van der Waals surface area contributed by atoms with Crippen LogP contribution in [0.3, 0.4) is 0 Å². The Morgan fingerprint density at radius 3 is 2.60 bits per heavy atom. The minimum atomic E-state index is -0.536. The molecule has 2 nitrogen and oxygen atoms in total. The summed E-state index contributed by atoms with van der Waals surface area (Å²) >= 11 is 0. The molecule has 0 spiro atoms. The van der Waals surface area contributed by atoms with Gasteiger partial charge in [-0.1, -0.05) is 43.3 Å². The fraction of sp³-hybridized carbons (Fsp3) is 0.333. The van der Waals surface area contributed by atoms with E-state index in [1.165, 1.54) is 11.1 Å². The summed E-state index contributed by atoms with van der Waals surface area (Å²) < 4.78 is 5.97. The van der Waals surface area contributed by atoms with Crippen molar-refractivity contribution in [2.75, 3.05) is 0 Å². The molecule has 2 atom stereocenters. The molecule has 0 saturated carbocycles. The Bertz CT molecular complexity index is 574. The number of hydrogen-bond donors (Lipinski definition) is 1. The molecular formula is C18H20O2. The fourth-order valence-corrected chi connectivity index (χ4v) is 2.81. The van der Waals surface area contributed by atoms with Gasteiger partial charge in [-0.3, -0.25) is 0 Å². The van der Waals surface area contributed by atoms with Gasteiger partial charge in [0.2, 0.25) is 0 Å². The number of rotatable bonds is 3. The van der Waals surface area contributed by atoms with Crippen molar-refractivity contribution in [3.05, 3.63) is 65.2 Å². The van der Waals surface area contributed by atoms with Gasteiger partial charge in [-0.05, 0) is 48.1 Å². The highest BCUT2D eigenvalue weighted by atomic mass is 16.5. The van der Waals surface area contributed by atoms with E-state index in [4.69, 9.17) is 4.74 Å². The van der Waals surface area contributed by atoms with Crippen LogP contribution in [0.5, 0.6) is 5.75 Å². The van der Waals surface area contributed by atoms with E-state index >= 15 is 0 Å². The lowest BCUT2D eigenvalue weighted by molar-refractivity contribution is 0.0230. The second-order valence-electron chi connectivity index (χ2n) is 5.34. The molecule has 2 aromatic carbocycles. The van der Waals surface area contributed by atoms with E-state index in [0.29, 0.717) is 0 Å². The van der Waals surface area contributed by atoms with Crippen molar-refractivity contribution in [2.24, 2.45) is 0 Å². The number of aryl methyl sites for hydroxylation is 2. The summed E-state index contributed by atoms with van der Waals surface area (Å²) in [6.07, 6.45) is 2.15. The zero-order valence-corrected chi connectivity index (χ0v) is 11.8. The van der Waals surface area contributed by atoms with Gasteiger partial charge in [-0.15, -0.1) is 0 Å². The van der Waals surface area contributed by atoms with Crippen molar-refractivity contribution in [3.63, 3.8) is 0 Å². The maximum atomic E-state index is 10.5. The molecule has 0 heterocycles. The van der Waals surface area contributed by atoms with Gasteiger partial charge in [0.05, 0.1) is 0 Å². The normalized spacial score (nSPS) is 21.3. The molecular weight excluding hydrogens is 248 g/mol. The van der Waals surface area contributed by atoms with Gasteiger partial charge in [-0.25, -0.2) is 0 Å². The van der Waals surface area contributed by atoms with Crippen molar-refractivity contribution in [3.8, 4) is 5.75 Å². The van der Waals surface area contributed by atoms with Crippen molar-refractivity contribution in [1.29, 1.82) is 0 Å². The van der Waals surface area contributed by atoms with E-state index in [1.807, 2.05) is 30.3 Å². The molecule has 2 unspecified atom stereocenters. The molecule has 3 rings (SSSR count). The minimum absolute atomic E-state index is 0.155. The van der Waals surface area contributed by atoms with Crippen molar-refractivity contribution in [1.82, 2.24) is 0 Å². The molecule has 20 heavy (non-hydrogen) atoms. The van der Waals surface area contributed by atoms with Crippen molar-refractivity contribution >= 4 is 0 Å². The van der Waals surface area contributed by atoms with Crippen LogP contribution < -0.4 is 4.74 Å². The summed E-state index contributed by atoms with van der Waals surface area (Å²) in [6.45, 7) is 2.14. The molecule has 0 bridgehead atoms. The van der Waals surface area contributed by atoms with Gasteiger partial charge in [0.25, 0.3) is 0 Å². The summed E-state index contributed by atoms with van der Waals surface area (Å²) in [4.78, 5) is 0.